The van der Waals surface area contributed by atoms with Crippen molar-refractivity contribution in [3.8, 4) is 5.75 Å². The number of ether oxygens (including phenoxy) is 1. The van der Waals surface area contributed by atoms with E-state index >= 15 is 0 Å². The molecule has 1 rings (SSSR count). The van der Waals surface area contributed by atoms with E-state index in [2.05, 4.69) is 0 Å². The number of amides is 1. The van der Waals surface area contributed by atoms with Gasteiger partial charge in [-0.1, -0.05) is 12.1 Å². The molecule has 17 heavy (non-hydrogen) atoms. The Labute approximate surface area is 101 Å². The van der Waals surface area contributed by atoms with Crippen molar-refractivity contribution in [1.82, 2.24) is 4.90 Å². The van der Waals surface area contributed by atoms with E-state index in [9.17, 15) is 4.79 Å². The quantitative estimate of drug-likeness (QED) is 0.755. The van der Waals surface area contributed by atoms with Crippen LogP contribution in [0.3, 0.4) is 0 Å². The summed E-state index contributed by atoms with van der Waals surface area (Å²) >= 11 is 0. The van der Waals surface area contributed by atoms with E-state index in [0.29, 0.717) is 6.54 Å². The van der Waals surface area contributed by atoms with E-state index in [0.717, 1.165) is 11.3 Å². The molecule has 0 bridgehead atoms. The summed E-state index contributed by atoms with van der Waals surface area (Å²) in [5.41, 5.74) is 6.43. The van der Waals surface area contributed by atoms with Crippen molar-refractivity contribution in [2.75, 3.05) is 20.8 Å². The van der Waals surface area contributed by atoms with Crippen molar-refractivity contribution in [2.45, 2.75) is 12.6 Å². The topological polar surface area (TPSA) is 75.8 Å². The van der Waals surface area contributed by atoms with E-state index in [1.54, 1.807) is 14.2 Å². The van der Waals surface area contributed by atoms with Crippen molar-refractivity contribution >= 4 is 5.91 Å². The number of hydrogen-bond acceptors (Lipinski definition) is 4. The first-order valence-corrected chi connectivity index (χ1v) is 5.32. The van der Waals surface area contributed by atoms with E-state index < -0.39 is 6.04 Å². The molecule has 0 saturated heterocycles. The highest BCUT2D eigenvalue weighted by molar-refractivity contribution is 5.81. The van der Waals surface area contributed by atoms with Gasteiger partial charge in [-0.3, -0.25) is 4.79 Å². The number of benzene rings is 1. The van der Waals surface area contributed by atoms with Gasteiger partial charge in [-0.05, 0) is 17.7 Å². The first kappa shape index (κ1) is 13.5. The van der Waals surface area contributed by atoms with Crippen LogP contribution in [0.5, 0.6) is 5.75 Å². The first-order valence-electron chi connectivity index (χ1n) is 5.32. The van der Waals surface area contributed by atoms with Gasteiger partial charge in [0.1, 0.15) is 11.8 Å². The highest BCUT2D eigenvalue weighted by atomic mass is 16.5. The third-order valence-corrected chi connectivity index (χ3v) is 2.47. The van der Waals surface area contributed by atoms with Crippen LogP contribution in [-0.2, 0) is 11.3 Å². The minimum Gasteiger partial charge on any atom is -0.497 e. The number of aliphatic hydroxyl groups excluding tert-OH is 1. The number of hydrogen-bond donors (Lipinski definition) is 2. The van der Waals surface area contributed by atoms with Gasteiger partial charge in [0.05, 0.1) is 13.7 Å². The molecule has 0 heterocycles. The molecule has 0 spiro atoms. The van der Waals surface area contributed by atoms with Gasteiger partial charge in [0.2, 0.25) is 5.91 Å². The van der Waals surface area contributed by atoms with Crippen molar-refractivity contribution < 1.29 is 14.6 Å². The molecule has 1 unspecified atom stereocenters. The molecule has 1 amide bonds. The molecule has 0 fully saturated rings. The molecule has 0 aromatic heterocycles. The van der Waals surface area contributed by atoms with Gasteiger partial charge in [0.25, 0.3) is 0 Å². The Morgan fingerprint density at radius 1 is 1.47 bits per heavy atom. The molecule has 0 aliphatic heterocycles. The molecule has 1 atom stereocenters. The fourth-order valence-corrected chi connectivity index (χ4v) is 1.44. The molecule has 1 aromatic rings. The van der Waals surface area contributed by atoms with Gasteiger partial charge in [-0.2, -0.15) is 0 Å². The van der Waals surface area contributed by atoms with Crippen molar-refractivity contribution in [1.29, 1.82) is 0 Å². The SMILES string of the molecule is COc1ccc(CN(C)C(=O)C(N)CO)cc1. The largest absolute Gasteiger partial charge is 0.497 e. The molecule has 0 aliphatic carbocycles. The van der Waals surface area contributed by atoms with Gasteiger partial charge in [0, 0.05) is 13.6 Å². The molecule has 0 aliphatic rings. The van der Waals surface area contributed by atoms with Crippen LogP contribution in [0.2, 0.25) is 0 Å². The van der Waals surface area contributed by atoms with Gasteiger partial charge in [0.15, 0.2) is 0 Å². The summed E-state index contributed by atoms with van der Waals surface area (Å²) in [6.07, 6.45) is 0. The number of nitrogens with zero attached hydrogens (tertiary/aromatic N) is 1. The van der Waals surface area contributed by atoms with Crippen LogP contribution in [0, 0.1) is 0 Å². The zero-order valence-corrected chi connectivity index (χ0v) is 10.1. The Bertz CT molecular complexity index is 365. The zero-order valence-electron chi connectivity index (χ0n) is 10.1. The minimum atomic E-state index is -0.849. The predicted molar refractivity (Wildman–Crippen MR) is 64.5 cm³/mol. The maximum absolute atomic E-state index is 11.6. The summed E-state index contributed by atoms with van der Waals surface area (Å²) in [5.74, 6) is 0.498. The van der Waals surface area contributed by atoms with Gasteiger partial charge >= 0.3 is 0 Å². The van der Waals surface area contributed by atoms with Gasteiger partial charge < -0.3 is 20.5 Å². The van der Waals surface area contributed by atoms with Crippen molar-refractivity contribution in [3.63, 3.8) is 0 Å². The summed E-state index contributed by atoms with van der Waals surface area (Å²) in [6.45, 7) is 0.113. The normalized spacial score (nSPS) is 12.0. The van der Waals surface area contributed by atoms with Crippen LogP contribution in [0.1, 0.15) is 5.56 Å². The number of methoxy groups -OCH3 is 1. The fourth-order valence-electron chi connectivity index (χ4n) is 1.44. The Hall–Kier alpha value is -1.59. The molecule has 5 nitrogen and oxygen atoms in total. The summed E-state index contributed by atoms with van der Waals surface area (Å²) in [5, 5.41) is 8.80. The van der Waals surface area contributed by atoms with Gasteiger partial charge in [-0.25, -0.2) is 0 Å². The second kappa shape index (κ2) is 6.22. The third kappa shape index (κ3) is 3.72. The molecule has 1 aromatic carbocycles. The predicted octanol–water partition coefficient (Wildman–Crippen LogP) is -0.0268. The summed E-state index contributed by atoms with van der Waals surface area (Å²) in [6, 6.07) is 6.58. The number of carbonyl (C=O) groups is 1. The standard InChI is InChI=1S/C12H18N2O3/c1-14(12(16)11(13)8-15)7-9-3-5-10(17-2)6-4-9/h3-6,11,15H,7-8,13H2,1-2H3. The third-order valence-electron chi connectivity index (χ3n) is 2.47. The lowest BCUT2D eigenvalue weighted by Gasteiger charge is -2.20. The molecular weight excluding hydrogens is 220 g/mol. The average molecular weight is 238 g/mol. The van der Waals surface area contributed by atoms with Crippen LogP contribution in [-0.4, -0.2) is 42.7 Å². The monoisotopic (exact) mass is 238 g/mol. The first-order chi connectivity index (χ1) is 8.08. The fraction of sp³-hybridized carbons (Fsp3) is 0.417. The molecule has 3 N–H and O–H groups in total. The number of rotatable bonds is 5. The van der Waals surface area contributed by atoms with E-state index in [-0.39, 0.29) is 12.5 Å². The average Bonchev–Trinajstić information content (AvgIpc) is 2.37. The van der Waals surface area contributed by atoms with E-state index in [1.165, 1.54) is 4.90 Å². The highest BCUT2D eigenvalue weighted by Gasteiger charge is 2.16. The Morgan fingerprint density at radius 2 is 2.06 bits per heavy atom. The van der Waals surface area contributed by atoms with E-state index in [4.69, 9.17) is 15.6 Å². The van der Waals surface area contributed by atoms with Crippen LogP contribution >= 0.6 is 0 Å². The highest BCUT2D eigenvalue weighted by Crippen LogP contribution is 2.12. The number of carbonyl (C=O) groups excluding carboxylic acids is 1. The second-order valence-corrected chi connectivity index (χ2v) is 3.83. The zero-order chi connectivity index (χ0) is 12.8. The minimum absolute atomic E-state index is 0.275. The Kier molecular flexibility index (Phi) is 4.93. The molecule has 0 radical (unpaired) electrons. The van der Waals surface area contributed by atoms with Gasteiger partial charge in [-0.15, -0.1) is 0 Å². The number of aliphatic hydroxyl groups is 1. The van der Waals surface area contributed by atoms with Crippen molar-refractivity contribution in [3.05, 3.63) is 29.8 Å². The molecule has 94 valence electrons. The molecular formula is C12H18N2O3. The maximum Gasteiger partial charge on any atom is 0.241 e. The van der Waals surface area contributed by atoms with Crippen LogP contribution in [0.4, 0.5) is 0 Å². The van der Waals surface area contributed by atoms with Crippen LogP contribution < -0.4 is 10.5 Å². The number of nitrogens with two attached hydrogens (primary N) is 1. The molecule has 5 heteroatoms. The number of likely N-dealkylation sites (N-methyl/N-ethyl adjacent to an activating group) is 1. The lowest BCUT2D eigenvalue weighted by atomic mass is 10.2. The van der Waals surface area contributed by atoms with Crippen LogP contribution in [0.25, 0.3) is 0 Å². The van der Waals surface area contributed by atoms with E-state index in [1.807, 2.05) is 24.3 Å². The lowest BCUT2D eigenvalue weighted by molar-refractivity contribution is -0.132. The van der Waals surface area contributed by atoms with Crippen LogP contribution in [0.15, 0.2) is 24.3 Å². The lowest BCUT2D eigenvalue weighted by Crippen LogP contribution is -2.43. The van der Waals surface area contributed by atoms with Crippen molar-refractivity contribution in [2.24, 2.45) is 5.73 Å². The Morgan fingerprint density at radius 3 is 2.53 bits per heavy atom. The summed E-state index contributed by atoms with van der Waals surface area (Å²) in [7, 11) is 3.26. The maximum atomic E-state index is 11.6. The second-order valence-electron chi connectivity index (χ2n) is 3.83. The smallest absolute Gasteiger partial charge is 0.241 e. The molecule has 0 saturated carbocycles. The summed E-state index contributed by atoms with van der Waals surface area (Å²) < 4.78 is 5.04. The Balaban J connectivity index is 2.61. The summed E-state index contributed by atoms with van der Waals surface area (Å²) in [4.78, 5) is 13.1.